The van der Waals surface area contributed by atoms with Gasteiger partial charge in [0.2, 0.25) is 0 Å². The maximum absolute atomic E-state index is 9.93. The second-order valence-corrected chi connectivity index (χ2v) is 5.76. The quantitative estimate of drug-likeness (QED) is 0.631. The van der Waals surface area contributed by atoms with Crippen LogP contribution in [0.4, 0.5) is 0 Å². The lowest BCUT2D eigenvalue weighted by atomic mass is 9.70. The third-order valence-corrected chi connectivity index (χ3v) is 3.76. The lowest BCUT2D eigenvalue weighted by Gasteiger charge is -2.37. The van der Waals surface area contributed by atoms with Crippen LogP contribution in [0.3, 0.4) is 0 Å². The summed E-state index contributed by atoms with van der Waals surface area (Å²) >= 11 is 0. The Morgan fingerprint density at radius 1 is 1.00 bits per heavy atom. The van der Waals surface area contributed by atoms with Crippen LogP contribution < -0.4 is 0 Å². The molecule has 0 aliphatic heterocycles. The summed E-state index contributed by atoms with van der Waals surface area (Å²) in [5.41, 5.74) is 3.20. The first-order valence-electron chi connectivity index (χ1n) is 7.20. The molecule has 0 radical (unpaired) electrons. The molecule has 2 heteroatoms. The molecule has 0 saturated carbocycles. The van der Waals surface area contributed by atoms with Crippen LogP contribution in [0, 0.1) is 0 Å². The van der Waals surface area contributed by atoms with Crippen molar-refractivity contribution in [1.82, 2.24) is 5.06 Å². The Morgan fingerprint density at radius 3 is 1.76 bits per heavy atom. The maximum Gasteiger partial charge on any atom is 0.0389 e. The molecular weight excluding hydrogens is 258 g/mol. The van der Waals surface area contributed by atoms with E-state index < -0.39 is 0 Å². The van der Waals surface area contributed by atoms with Crippen molar-refractivity contribution < 1.29 is 5.21 Å². The van der Waals surface area contributed by atoms with E-state index in [1.165, 1.54) is 16.2 Å². The van der Waals surface area contributed by atoms with Gasteiger partial charge in [0.05, 0.1) is 0 Å². The first-order chi connectivity index (χ1) is 10.0. The molecule has 110 valence electrons. The molecule has 2 aromatic carbocycles. The van der Waals surface area contributed by atoms with E-state index in [4.69, 9.17) is 0 Å². The number of allylic oxidation sites excluding steroid dienone is 1. The largest absolute Gasteiger partial charge is 0.314 e. The number of nitrogens with zero attached hydrogens (tertiary/aromatic N) is 1. The van der Waals surface area contributed by atoms with Gasteiger partial charge in [0.15, 0.2) is 0 Å². The zero-order chi connectivity index (χ0) is 15.3. The summed E-state index contributed by atoms with van der Waals surface area (Å²) in [7, 11) is 1.69. The fourth-order valence-electron chi connectivity index (χ4n) is 3.03. The van der Waals surface area contributed by atoms with Crippen molar-refractivity contribution >= 4 is 0 Å². The van der Waals surface area contributed by atoms with Crippen molar-refractivity contribution in [3.63, 3.8) is 0 Å². The molecule has 21 heavy (non-hydrogen) atoms. The number of likely N-dealkylation sites (N-methyl/N-ethyl adjacent to an activating group) is 1. The van der Waals surface area contributed by atoms with E-state index in [2.05, 4.69) is 30.8 Å². The minimum atomic E-state index is -0.294. The Balaban J connectivity index is 2.62. The number of benzene rings is 2. The highest BCUT2D eigenvalue weighted by Gasteiger charge is 2.35. The van der Waals surface area contributed by atoms with Crippen LogP contribution in [0.1, 0.15) is 24.5 Å². The molecule has 0 amide bonds. The lowest BCUT2D eigenvalue weighted by Crippen LogP contribution is -2.39. The van der Waals surface area contributed by atoms with Gasteiger partial charge in [0, 0.05) is 19.0 Å². The molecule has 0 heterocycles. The van der Waals surface area contributed by atoms with Crippen LogP contribution in [-0.2, 0) is 5.41 Å². The van der Waals surface area contributed by atoms with Gasteiger partial charge in [-0.25, -0.2) is 0 Å². The summed E-state index contributed by atoms with van der Waals surface area (Å²) in [6, 6.07) is 20.7. The van der Waals surface area contributed by atoms with E-state index in [-0.39, 0.29) is 5.41 Å². The van der Waals surface area contributed by atoms with Crippen molar-refractivity contribution in [2.45, 2.75) is 18.8 Å². The Kier molecular flexibility index (Phi) is 4.94. The molecule has 2 aromatic rings. The van der Waals surface area contributed by atoms with Crippen molar-refractivity contribution in [2.24, 2.45) is 0 Å². The SMILES string of the molecule is C=C(C)CC(CN(C)O)(c1ccccc1)c1ccccc1. The van der Waals surface area contributed by atoms with Crippen LogP contribution in [0.5, 0.6) is 0 Å². The van der Waals surface area contributed by atoms with E-state index in [1.54, 1.807) is 7.05 Å². The van der Waals surface area contributed by atoms with Crippen molar-refractivity contribution in [1.29, 1.82) is 0 Å². The van der Waals surface area contributed by atoms with E-state index in [0.717, 1.165) is 12.0 Å². The Morgan fingerprint density at radius 2 is 1.43 bits per heavy atom. The first-order valence-corrected chi connectivity index (χ1v) is 7.20. The minimum Gasteiger partial charge on any atom is -0.314 e. The highest BCUT2D eigenvalue weighted by Crippen LogP contribution is 2.38. The maximum atomic E-state index is 9.93. The molecule has 0 saturated heterocycles. The van der Waals surface area contributed by atoms with Crippen LogP contribution in [-0.4, -0.2) is 23.9 Å². The second kappa shape index (κ2) is 6.70. The average Bonchev–Trinajstić information content (AvgIpc) is 2.47. The highest BCUT2D eigenvalue weighted by atomic mass is 16.5. The average molecular weight is 281 g/mol. The summed E-state index contributed by atoms with van der Waals surface area (Å²) in [6.45, 7) is 6.66. The Bertz CT molecular complexity index is 536. The Hall–Kier alpha value is -1.90. The normalized spacial score (nSPS) is 11.6. The van der Waals surface area contributed by atoms with E-state index in [0.29, 0.717) is 6.54 Å². The zero-order valence-corrected chi connectivity index (χ0v) is 12.8. The van der Waals surface area contributed by atoms with Gasteiger partial charge in [-0.2, -0.15) is 5.06 Å². The van der Waals surface area contributed by atoms with Gasteiger partial charge >= 0.3 is 0 Å². The monoisotopic (exact) mass is 281 g/mol. The van der Waals surface area contributed by atoms with E-state index in [1.807, 2.05) is 43.3 Å². The van der Waals surface area contributed by atoms with Crippen molar-refractivity contribution in [3.05, 3.63) is 83.9 Å². The Labute approximate surface area is 127 Å². The smallest absolute Gasteiger partial charge is 0.0389 e. The molecule has 0 spiro atoms. The summed E-state index contributed by atoms with van der Waals surface area (Å²) in [6.07, 6.45) is 0.798. The second-order valence-electron chi connectivity index (χ2n) is 5.76. The molecule has 0 unspecified atom stereocenters. The number of hydrogen-bond acceptors (Lipinski definition) is 2. The summed E-state index contributed by atoms with van der Waals surface area (Å²) in [5, 5.41) is 11.2. The van der Waals surface area contributed by atoms with Crippen LogP contribution >= 0.6 is 0 Å². The summed E-state index contributed by atoms with van der Waals surface area (Å²) in [4.78, 5) is 0. The topological polar surface area (TPSA) is 23.5 Å². The van der Waals surface area contributed by atoms with Crippen molar-refractivity contribution in [2.75, 3.05) is 13.6 Å². The molecule has 0 bridgehead atoms. The first kappa shape index (κ1) is 15.5. The summed E-state index contributed by atoms with van der Waals surface area (Å²) < 4.78 is 0. The standard InChI is InChI=1S/C19H23NO/c1-16(2)14-19(15-20(3)21,17-10-6-4-7-11-17)18-12-8-5-9-13-18/h4-13,21H,1,14-15H2,2-3H3. The third kappa shape index (κ3) is 3.60. The van der Waals surface area contributed by atoms with Crippen LogP contribution in [0.15, 0.2) is 72.8 Å². The molecule has 0 atom stereocenters. The fraction of sp³-hybridized carbons (Fsp3) is 0.263. The summed E-state index contributed by atoms with van der Waals surface area (Å²) in [5.74, 6) is 0. The van der Waals surface area contributed by atoms with Crippen LogP contribution in [0.25, 0.3) is 0 Å². The predicted octanol–water partition coefficient (Wildman–Crippen LogP) is 4.26. The molecular formula is C19H23NO. The number of hydroxylamine groups is 2. The van der Waals surface area contributed by atoms with Crippen LogP contribution in [0.2, 0.25) is 0 Å². The number of hydrogen-bond donors (Lipinski definition) is 1. The van der Waals surface area contributed by atoms with E-state index >= 15 is 0 Å². The molecule has 0 aliphatic carbocycles. The molecule has 0 aliphatic rings. The van der Waals surface area contributed by atoms with Gasteiger partial charge in [0.25, 0.3) is 0 Å². The lowest BCUT2D eigenvalue weighted by molar-refractivity contribution is -0.0772. The zero-order valence-electron chi connectivity index (χ0n) is 12.8. The van der Waals surface area contributed by atoms with E-state index in [9.17, 15) is 5.21 Å². The van der Waals surface area contributed by atoms with Gasteiger partial charge in [-0.15, -0.1) is 6.58 Å². The van der Waals surface area contributed by atoms with Gasteiger partial charge in [-0.1, -0.05) is 66.2 Å². The molecule has 0 fully saturated rings. The van der Waals surface area contributed by atoms with Gasteiger partial charge in [-0.3, -0.25) is 0 Å². The van der Waals surface area contributed by atoms with Crippen molar-refractivity contribution in [3.8, 4) is 0 Å². The molecule has 0 aromatic heterocycles. The third-order valence-electron chi connectivity index (χ3n) is 3.76. The predicted molar refractivity (Wildman–Crippen MR) is 87.5 cm³/mol. The molecule has 2 rings (SSSR count). The number of rotatable bonds is 6. The highest BCUT2D eigenvalue weighted by molar-refractivity contribution is 5.41. The molecule has 1 N–H and O–H groups in total. The van der Waals surface area contributed by atoms with Gasteiger partial charge in [0.1, 0.15) is 0 Å². The minimum absolute atomic E-state index is 0.294. The molecule has 2 nitrogen and oxygen atoms in total. The van der Waals surface area contributed by atoms with Gasteiger partial charge < -0.3 is 5.21 Å². The fourth-order valence-corrected chi connectivity index (χ4v) is 3.03. The van der Waals surface area contributed by atoms with Gasteiger partial charge in [-0.05, 0) is 24.5 Å².